The van der Waals surface area contributed by atoms with Crippen LogP contribution in [0.25, 0.3) is 0 Å². The lowest BCUT2D eigenvalue weighted by Gasteiger charge is -2.18. The first-order chi connectivity index (χ1) is 5.56. The first-order valence-electron chi connectivity index (χ1n) is 4.00. The quantitative estimate of drug-likeness (QED) is 0.637. The summed E-state index contributed by atoms with van der Waals surface area (Å²) in [6, 6.07) is 0. The highest BCUT2D eigenvalue weighted by Crippen LogP contribution is 2.31. The molecule has 0 bridgehead atoms. The maximum absolute atomic E-state index is 12.9. The Morgan fingerprint density at radius 2 is 2.25 bits per heavy atom. The zero-order chi connectivity index (χ0) is 9.19. The summed E-state index contributed by atoms with van der Waals surface area (Å²) in [5, 5.41) is 0. The van der Waals surface area contributed by atoms with E-state index in [1.807, 2.05) is 12.2 Å². The van der Waals surface area contributed by atoms with E-state index in [9.17, 15) is 4.39 Å². The van der Waals surface area contributed by atoms with E-state index in [-0.39, 0.29) is 11.2 Å². The predicted octanol–water partition coefficient (Wildman–Crippen LogP) is 4.10. The van der Waals surface area contributed by atoms with Crippen LogP contribution in [-0.4, -0.2) is 0 Å². The van der Waals surface area contributed by atoms with Crippen molar-refractivity contribution in [3.63, 3.8) is 0 Å². The van der Waals surface area contributed by atoms with E-state index in [2.05, 4.69) is 29.8 Å². The molecule has 0 aromatic rings. The van der Waals surface area contributed by atoms with Crippen molar-refractivity contribution >= 4 is 15.9 Å². The van der Waals surface area contributed by atoms with E-state index in [1.165, 1.54) is 12.2 Å². The van der Waals surface area contributed by atoms with Gasteiger partial charge in [-0.3, -0.25) is 0 Å². The molecule has 0 saturated heterocycles. The van der Waals surface area contributed by atoms with Crippen LogP contribution < -0.4 is 0 Å². The molecule has 0 N–H and O–H groups in total. The summed E-state index contributed by atoms with van der Waals surface area (Å²) in [6.45, 7) is 4.17. The molecule has 0 fully saturated rings. The molecular formula is C10H12BrF. The van der Waals surface area contributed by atoms with Gasteiger partial charge in [0.25, 0.3) is 0 Å². The highest BCUT2D eigenvalue weighted by molar-refractivity contribution is 9.11. The Bertz CT molecular complexity index is 263. The summed E-state index contributed by atoms with van der Waals surface area (Å²) in [4.78, 5) is 0. The van der Waals surface area contributed by atoms with Gasteiger partial charge < -0.3 is 0 Å². The van der Waals surface area contributed by atoms with Gasteiger partial charge in [0.2, 0.25) is 0 Å². The summed E-state index contributed by atoms with van der Waals surface area (Å²) < 4.78 is 13.7. The molecule has 0 amide bonds. The Labute approximate surface area is 81.0 Å². The number of allylic oxidation sites excluding steroid dienone is 6. The van der Waals surface area contributed by atoms with Crippen molar-refractivity contribution < 1.29 is 4.39 Å². The maximum atomic E-state index is 12.9. The molecule has 2 heteroatoms. The molecule has 0 aromatic carbocycles. The van der Waals surface area contributed by atoms with Crippen LogP contribution in [0.3, 0.4) is 0 Å². The van der Waals surface area contributed by atoms with E-state index in [4.69, 9.17) is 0 Å². The maximum Gasteiger partial charge on any atom is 0.124 e. The third kappa shape index (κ3) is 2.31. The average Bonchev–Trinajstić information content (AvgIpc) is 2.11. The van der Waals surface area contributed by atoms with Crippen molar-refractivity contribution in [3.8, 4) is 0 Å². The molecule has 0 radical (unpaired) electrons. The Morgan fingerprint density at radius 1 is 1.58 bits per heavy atom. The van der Waals surface area contributed by atoms with Crippen molar-refractivity contribution in [3.05, 3.63) is 34.6 Å². The second-order valence-electron chi connectivity index (χ2n) is 3.25. The van der Waals surface area contributed by atoms with Crippen LogP contribution in [0.4, 0.5) is 4.39 Å². The van der Waals surface area contributed by atoms with E-state index < -0.39 is 0 Å². The summed E-state index contributed by atoms with van der Waals surface area (Å²) in [5.41, 5.74) is -0.0246. The van der Waals surface area contributed by atoms with Gasteiger partial charge in [0.05, 0.1) is 0 Å². The minimum Gasteiger partial charge on any atom is -0.207 e. The number of halogens is 2. The van der Waals surface area contributed by atoms with Crippen LogP contribution in [0, 0.1) is 5.41 Å². The predicted molar refractivity (Wildman–Crippen MR) is 53.7 cm³/mol. The molecule has 0 aromatic heterocycles. The fourth-order valence-electron chi connectivity index (χ4n) is 1.07. The number of rotatable bonds is 1. The van der Waals surface area contributed by atoms with Gasteiger partial charge in [-0.1, -0.05) is 41.9 Å². The first kappa shape index (κ1) is 9.72. The van der Waals surface area contributed by atoms with Crippen LogP contribution in [0.2, 0.25) is 0 Å². The molecule has 1 atom stereocenters. The zero-order valence-corrected chi connectivity index (χ0v) is 8.86. The molecule has 0 saturated carbocycles. The average molecular weight is 231 g/mol. The first-order valence-corrected chi connectivity index (χ1v) is 4.80. The van der Waals surface area contributed by atoms with Crippen LogP contribution in [0.15, 0.2) is 34.6 Å². The van der Waals surface area contributed by atoms with E-state index >= 15 is 0 Å². The van der Waals surface area contributed by atoms with E-state index in [0.29, 0.717) is 0 Å². The molecule has 66 valence electrons. The third-order valence-electron chi connectivity index (χ3n) is 2.13. The molecule has 0 nitrogen and oxygen atoms in total. The van der Waals surface area contributed by atoms with Gasteiger partial charge in [-0.05, 0) is 18.6 Å². The molecule has 12 heavy (non-hydrogen) atoms. The van der Waals surface area contributed by atoms with Gasteiger partial charge in [-0.15, -0.1) is 0 Å². The van der Waals surface area contributed by atoms with Crippen LogP contribution in [0.5, 0.6) is 0 Å². The van der Waals surface area contributed by atoms with Crippen molar-refractivity contribution in [2.45, 2.75) is 20.3 Å². The molecule has 1 unspecified atom stereocenters. The standard InChI is InChI=1S/C10H12BrF/c1-3-10(2)5-4-9(12)6-8(11)7-10/h4-7H,3H2,1-2H3. The molecule has 0 aliphatic heterocycles. The van der Waals surface area contributed by atoms with Crippen LogP contribution in [-0.2, 0) is 0 Å². The Hall–Kier alpha value is -0.370. The Balaban J connectivity index is 3.01. The molecular weight excluding hydrogens is 219 g/mol. The fourth-order valence-corrected chi connectivity index (χ4v) is 1.82. The summed E-state index contributed by atoms with van der Waals surface area (Å²) in [7, 11) is 0. The second kappa shape index (κ2) is 3.56. The Morgan fingerprint density at radius 3 is 2.83 bits per heavy atom. The van der Waals surface area contributed by atoms with E-state index in [0.717, 1.165) is 10.9 Å². The lowest BCUT2D eigenvalue weighted by atomic mass is 9.87. The SMILES string of the molecule is CCC1(C)C=CC(F)=CC(Br)=C1. The smallest absolute Gasteiger partial charge is 0.124 e. The van der Waals surface area contributed by atoms with Crippen molar-refractivity contribution in [1.82, 2.24) is 0 Å². The lowest BCUT2D eigenvalue weighted by molar-refractivity contribution is 0.529. The minimum atomic E-state index is -0.199. The highest BCUT2D eigenvalue weighted by Gasteiger charge is 2.17. The number of hydrogen-bond donors (Lipinski definition) is 0. The van der Waals surface area contributed by atoms with Crippen molar-refractivity contribution in [2.24, 2.45) is 5.41 Å². The monoisotopic (exact) mass is 230 g/mol. The molecule has 1 aliphatic carbocycles. The molecule has 1 aliphatic rings. The summed E-state index contributed by atoms with van der Waals surface area (Å²) in [5.74, 6) is -0.199. The van der Waals surface area contributed by atoms with Gasteiger partial charge in [0.15, 0.2) is 0 Å². The minimum absolute atomic E-state index is 0.0246. The Kier molecular flexibility index (Phi) is 2.89. The van der Waals surface area contributed by atoms with Gasteiger partial charge in [-0.25, -0.2) is 4.39 Å². The van der Waals surface area contributed by atoms with Gasteiger partial charge in [-0.2, -0.15) is 0 Å². The fraction of sp³-hybridized carbons (Fsp3) is 0.400. The summed E-state index contributed by atoms with van der Waals surface area (Å²) in [6.07, 6.45) is 7.90. The molecule has 1 rings (SSSR count). The topological polar surface area (TPSA) is 0 Å². The molecule has 0 heterocycles. The van der Waals surface area contributed by atoms with Crippen molar-refractivity contribution in [1.29, 1.82) is 0 Å². The highest BCUT2D eigenvalue weighted by atomic mass is 79.9. The zero-order valence-electron chi connectivity index (χ0n) is 7.27. The third-order valence-corrected chi connectivity index (χ3v) is 2.59. The van der Waals surface area contributed by atoms with Gasteiger partial charge in [0, 0.05) is 9.90 Å². The van der Waals surface area contributed by atoms with Crippen LogP contribution >= 0.6 is 15.9 Å². The second-order valence-corrected chi connectivity index (χ2v) is 4.17. The van der Waals surface area contributed by atoms with Crippen molar-refractivity contribution in [2.75, 3.05) is 0 Å². The van der Waals surface area contributed by atoms with E-state index in [1.54, 1.807) is 0 Å². The van der Waals surface area contributed by atoms with Gasteiger partial charge in [0.1, 0.15) is 5.83 Å². The van der Waals surface area contributed by atoms with Crippen LogP contribution in [0.1, 0.15) is 20.3 Å². The normalized spacial score (nSPS) is 29.3. The lowest BCUT2D eigenvalue weighted by Crippen LogP contribution is -2.06. The number of hydrogen-bond acceptors (Lipinski definition) is 0. The summed E-state index contributed by atoms with van der Waals surface area (Å²) >= 11 is 3.30. The van der Waals surface area contributed by atoms with Gasteiger partial charge >= 0.3 is 0 Å². The largest absolute Gasteiger partial charge is 0.207 e. The molecule has 0 spiro atoms.